The Balaban J connectivity index is 0.00000106. The van der Waals surface area contributed by atoms with Crippen LogP contribution in [-0.2, 0) is 4.74 Å². The molecule has 1 aliphatic rings. The van der Waals surface area contributed by atoms with Crippen molar-refractivity contribution in [1.82, 2.24) is 4.90 Å². The summed E-state index contributed by atoms with van der Waals surface area (Å²) in [6.45, 7) is 11.0. The second-order valence-corrected chi connectivity index (χ2v) is 4.76. The maximum Gasteiger partial charge on any atom is 0.410 e. The van der Waals surface area contributed by atoms with Gasteiger partial charge in [0, 0.05) is 25.6 Å². The lowest BCUT2D eigenvalue weighted by Crippen LogP contribution is -2.35. The lowest BCUT2D eigenvalue weighted by molar-refractivity contribution is 0.0284. The molecular formula is C12H25NO3. The number of nitrogens with zero attached hydrogens (tertiary/aromatic N) is 1. The first kappa shape index (κ1) is 15.2. The standard InChI is InChI=1S/C10H19NO3.C2H6/c1-10(2,3)14-9(13)11-5-4-8(6-11)7-12;1-2/h8,12H,4-7H2,1-3H3;1-2H3/t8-;/m1./s1. The van der Waals surface area contributed by atoms with E-state index in [1.807, 2.05) is 34.6 Å². The summed E-state index contributed by atoms with van der Waals surface area (Å²) in [4.78, 5) is 13.2. The number of amides is 1. The largest absolute Gasteiger partial charge is 0.444 e. The molecule has 0 saturated carbocycles. The molecule has 1 N–H and O–H groups in total. The van der Waals surface area contributed by atoms with Crippen LogP contribution in [0.3, 0.4) is 0 Å². The molecule has 16 heavy (non-hydrogen) atoms. The van der Waals surface area contributed by atoms with Gasteiger partial charge < -0.3 is 14.7 Å². The van der Waals surface area contributed by atoms with E-state index in [0.717, 1.165) is 6.42 Å². The maximum atomic E-state index is 11.5. The van der Waals surface area contributed by atoms with Crippen molar-refractivity contribution in [1.29, 1.82) is 0 Å². The normalized spacial score (nSPS) is 20.1. The van der Waals surface area contributed by atoms with Gasteiger partial charge in [0.25, 0.3) is 0 Å². The minimum atomic E-state index is -0.436. The van der Waals surface area contributed by atoms with Crippen LogP contribution in [0.2, 0.25) is 0 Å². The van der Waals surface area contributed by atoms with Gasteiger partial charge in [0.05, 0.1) is 0 Å². The summed E-state index contributed by atoms with van der Waals surface area (Å²) in [7, 11) is 0. The van der Waals surface area contributed by atoms with Crippen LogP contribution in [0.25, 0.3) is 0 Å². The predicted molar refractivity (Wildman–Crippen MR) is 64.3 cm³/mol. The van der Waals surface area contributed by atoms with Crippen LogP contribution in [0.15, 0.2) is 0 Å². The zero-order chi connectivity index (χ0) is 12.8. The van der Waals surface area contributed by atoms with Crippen molar-refractivity contribution in [3.8, 4) is 0 Å². The van der Waals surface area contributed by atoms with E-state index in [0.29, 0.717) is 13.1 Å². The number of hydrogen-bond donors (Lipinski definition) is 1. The van der Waals surface area contributed by atoms with Gasteiger partial charge in [-0.25, -0.2) is 4.79 Å². The third-order valence-corrected chi connectivity index (χ3v) is 2.20. The molecule has 1 saturated heterocycles. The average molecular weight is 231 g/mol. The number of carbonyl (C=O) groups excluding carboxylic acids is 1. The molecule has 0 bridgehead atoms. The molecule has 0 aromatic carbocycles. The molecule has 0 spiro atoms. The molecule has 0 aromatic rings. The second kappa shape index (κ2) is 6.74. The summed E-state index contributed by atoms with van der Waals surface area (Å²) in [6.07, 6.45) is 0.601. The highest BCUT2D eigenvalue weighted by Crippen LogP contribution is 2.18. The van der Waals surface area contributed by atoms with Crippen LogP contribution >= 0.6 is 0 Å². The van der Waals surface area contributed by atoms with E-state index in [2.05, 4.69) is 0 Å². The smallest absolute Gasteiger partial charge is 0.410 e. The molecule has 0 aromatic heterocycles. The Morgan fingerprint density at radius 3 is 2.38 bits per heavy atom. The van der Waals surface area contributed by atoms with Gasteiger partial charge in [0.15, 0.2) is 0 Å². The summed E-state index contributed by atoms with van der Waals surface area (Å²) < 4.78 is 5.22. The lowest BCUT2D eigenvalue weighted by Gasteiger charge is -2.24. The van der Waals surface area contributed by atoms with E-state index in [4.69, 9.17) is 9.84 Å². The number of ether oxygens (including phenoxy) is 1. The Hall–Kier alpha value is -0.770. The first-order chi connectivity index (χ1) is 7.42. The lowest BCUT2D eigenvalue weighted by atomic mass is 10.1. The van der Waals surface area contributed by atoms with Crippen molar-refractivity contribution < 1.29 is 14.6 Å². The molecule has 4 heteroatoms. The van der Waals surface area contributed by atoms with Crippen LogP contribution in [0.1, 0.15) is 41.0 Å². The molecule has 0 radical (unpaired) electrons. The van der Waals surface area contributed by atoms with Crippen molar-refractivity contribution in [2.45, 2.75) is 46.6 Å². The Labute approximate surface area is 98.6 Å². The van der Waals surface area contributed by atoms with Gasteiger partial charge in [0.2, 0.25) is 0 Å². The monoisotopic (exact) mass is 231 g/mol. The van der Waals surface area contributed by atoms with Gasteiger partial charge in [-0.3, -0.25) is 0 Å². The van der Waals surface area contributed by atoms with Gasteiger partial charge in [-0.2, -0.15) is 0 Å². The number of aliphatic hydroxyl groups excluding tert-OH is 1. The van der Waals surface area contributed by atoms with Crippen molar-refractivity contribution in [3.63, 3.8) is 0 Å². The van der Waals surface area contributed by atoms with Crippen molar-refractivity contribution in [2.75, 3.05) is 19.7 Å². The van der Waals surface area contributed by atoms with E-state index in [1.54, 1.807) is 4.90 Å². The summed E-state index contributed by atoms with van der Waals surface area (Å²) >= 11 is 0. The third-order valence-electron chi connectivity index (χ3n) is 2.20. The summed E-state index contributed by atoms with van der Waals surface area (Å²) in [5.74, 6) is 0.225. The third kappa shape index (κ3) is 5.35. The first-order valence-corrected chi connectivity index (χ1v) is 6.01. The molecule has 0 unspecified atom stereocenters. The highest BCUT2D eigenvalue weighted by molar-refractivity contribution is 5.68. The number of hydrogen-bond acceptors (Lipinski definition) is 3. The van der Waals surface area contributed by atoms with Gasteiger partial charge in [-0.05, 0) is 27.2 Å². The fourth-order valence-corrected chi connectivity index (χ4v) is 1.47. The van der Waals surface area contributed by atoms with Crippen LogP contribution < -0.4 is 0 Å². The number of rotatable bonds is 1. The summed E-state index contributed by atoms with van der Waals surface area (Å²) in [5.41, 5.74) is -0.436. The highest BCUT2D eigenvalue weighted by atomic mass is 16.6. The minimum absolute atomic E-state index is 0.152. The second-order valence-electron chi connectivity index (χ2n) is 4.76. The first-order valence-electron chi connectivity index (χ1n) is 6.01. The van der Waals surface area contributed by atoms with Crippen LogP contribution in [-0.4, -0.2) is 41.4 Å². The van der Waals surface area contributed by atoms with Crippen LogP contribution in [0, 0.1) is 5.92 Å². The quantitative estimate of drug-likeness (QED) is 0.753. The van der Waals surface area contributed by atoms with E-state index in [1.165, 1.54) is 0 Å². The number of carbonyl (C=O) groups is 1. The molecule has 1 fully saturated rings. The Bertz CT molecular complexity index is 211. The van der Waals surface area contributed by atoms with Crippen molar-refractivity contribution in [3.05, 3.63) is 0 Å². The van der Waals surface area contributed by atoms with Crippen LogP contribution in [0.5, 0.6) is 0 Å². The predicted octanol–water partition coefficient (Wildman–Crippen LogP) is 2.26. The molecule has 96 valence electrons. The highest BCUT2D eigenvalue weighted by Gasteiger charge is 2.29. The molecule has 0 aliphatic carbocycles. The number of aliphatic hydroxyl groups is 1. The molecule has 1 heterocycles. The zero-order valence-electron chi connectivity index (χ0n) is 11.1. The fourth-order valence-electron chi connectivity index (χ4n) is 1.47. The fraction of sp³-hybridized carbons (Fsp3) is 0.917. The molecule has 1 aliphatic heterocycles. The van der Waals surface area contributed by atoms with E-state index in [-0.39, 0.29) is 18.6 Å². The Morgan fingerprint density at radius 1 is 1.44 bits per heavy atom. The van der Waals surface area contributed by atoms with Crippen LogP contribution in [0.4, 0.5) is 4.79 Å². The van der Waals surface area contributed by atoms with E-state index >= 15 is 0 Å². The number of likely N-dealkylation sites (tertiary alicyclic amines) is 1. The van der Waals surface area contributed by atoms with Gasteiger partial charge in [0.1, 0.15) is 5.60 Å². The van der Waals surface area contributed by atoms with E-state index in [9.17, 15) is 4.79 Å². The Kier molecular flexibility index (Phi) is 6.41. The zero-order valence-corrected chi connectivity index (χ0v) is 11.1. The maximum absolute atomic E-state index is 11.5. The minimum Gasteiger partial charge on any atom is -0.444 e. The molecule has 4 nitrogen and oxygen atoms in total. The molecule has 1 amide bonds. The van der Waals surface area contributed by atoms with Gasteiger partial charge in [-0.15, -0.1) is 0 Å². The van der Waals surface area contributed by atoms with Gasteiger partial charge in [-0.1, -0.05) is 13.8 Å². The van der Waals surface area contributed by atoms with E-state index < -0.39 is 5.60 Å². The molecular weight excluding hydrogens is 206 g/mol. The van der Waals surface area contributed by atoms with Crippen molar-refractivity contribution >= 4 is 6.09 Å². The Morgan fingerprint density at radius 2 is 2.00 bits per heavy atom. The van der Waals surface area contributed by atoms with Crippen molar-refractivity contribution in [2.24, 2.45) is 5.92 Å². The molecule has 1 rings (SSSR count). The average Bonchev–Trinajstić information content (AvgIpc) is 2.66. The van der Waals surface area contributed by atoms with Gasteiger partial charge >= 0.3 is 6.09 Å². The summed E-state index contributed by atoms with van der Waals surface area (Å²) in [5, 5.41) is 8.92. The topological polar surface area (TPSA) is 49.8 Å². The molecule has 1 atom stereocenters. The SMILES string of the molecule is CC.CC(C)(C)OC(=O)N1CC[C@@H](CO)C1. The summed E-state index contributed by atoms with van der Waals surface area (Å²) in [6, 6.07) is 0.